The molecule has 3 heteroatoms. The Bertz CT molecular complexity index is 475. The van der Waals surface area contributed by atoms with Gasteiger partial charge in [0.1, 0.15) is 5.75 Å². The van der Waals surface area contributed by atoms with Crippen LogP contribution in [0.4, 0.5) is 0 Å². The van der Waals surface area contributed by atoms with Crippen molar-refractivity contribution >= 4 is 22.0 Å². The Morgan fingerprint density at radius 3 is 2.57 bits per heavy atom. The van der Waals surface area contributed by atoms with Gasteiger partial charge in [0, 0.05) is 22.1 Å². The van der Waals surface area contributed by atoms with Crippen molar-refractivity contribution in [3.8, 4) is 5.75 Å². The van der Waals surface area contributed by atoms with Crippen LogP contribution in [0.5, 0.6) is 5.75 Å². The molecule has 2 nitrogen and oxygen atoms in total. The van der Waals surface area contributed by atoms with E-state index in [2.05, 4.69) is 68.0 Å². The molecule has 0 atom stereocenters. The number of benzene rings is 1. The first-order valence-electron chi connectivity index (χ1n) is 7.72. The smallest absolute Gasteiger partial charge is 0.126 e. The van der Waals surface area contributed by atoms with Crippen LogP contribution >= 0.6 is 15.9 Å². The van der Waals surface area contributed by atoms with Gasteiger partial charge in [0.25, 0.3) is 0 Å². The van der Waals surface area contributed by atoms with Gasteiger partial charge in [-0.05, 0) is 51.8 Å². The first-order valence-corrected chi connectivity index (χ1v) is 8.52. The lowest BCUT2D eigenvalue weighted by molar-refractivity contribution is 0.316. The molecule has 0 bridgehead atoms. The maximum atomic E-state index is 5.85. The van der Waals surface area contributed by atoms with Crippen molar-refractivity contribution in [1.82, 2.24) is 5.32 Å². The Hall–Kier alpha value is -0.800. The molecule has 1 aromatic carbocycles. The highest BCUT2D eigenvalue weighted by atomic mass is 79.9. The zero-order valence-electron chi connectivity index (χ0n) is 13.9. The van der Waals surface area contributed by atoms with E-state index < -0.39 is 0 Å². The minimum absolute atomic E-state index is 0.132. The summed E-state index contributed by atoms with van der Waals surface area (Å²) in [4.78, 5) is 0. The van der Waals surface area contributed by atoms with Gasteiger partial charge in [-0.25, -0.2) is 0 Å². The lowest BCUT2D eigenvalue weighted by atomic mass is 10.0. The minimum Gasteiger partial charge on any atom is -0.493 e. The fourth-order valence-electron chi connectivity index (χ4n) is 1.85. The first-order chi connectivity index (χ1) is 9.85. The molecule has 1 rings (SSSR count). The largest absolute Gasteiger partial charge is 0.493 e. The predicted octanol–water partition coefficient (Wildman–Crippen LogP) is 5.42. The second kappa shape index (κ2) is 8.60. The van der Waals surface area contributed by atoms with E-state index in [0.717, 1.165) is 41.8 Å². The molecule has 118 valence electrons. The van der Waals surface area contributed by atoms with Gasteiger partial charge in [0.05, 0.1) is 6.61 Å². The normalized spacial score (nSPS) is 12.6. The average Bonchev–Trinajstić information content (AvgIpc) is 2.41. The summed E-state index contributed by atoms with van der Waals surface area (Å²) in [6.07, 6.45) is 4.29. The van der Waals surface area contributed by atoms with Crippen molar-refractivity contribution < 1.29 is 4.74 Å². The SMILES string of the molecule is CCCOc1ccc(Br)cc1C=C(CC)CNC(C)(C)C. The van der Waals surface area contributed by atoms with Crippen LogP contribution in [0.3, 0.4) is 0 Å². The Morgan fingerprint density at radius 2 is 2.00 bits per heavy atom. The molecule has 0 unspecified atom stereocenters. The van der Waals surface area contributed by atoms with Crippen LogP contribution in [0.2, 0.25) is 0 Å². The topological polar surface area (TPSA) is 21.3 Å². The summed E-state index contributed by atoms with van der Waals surface area (Å²) in [5, 5.41) is 3.55. The lowest BCUT2D eigenvalue weighted by Crippen LogP contribution is -2.36. The third-order valence-corrected chi connectivity index (χ3v) is 3.59. The highest BCUT2D eigenvalue weighted by Crippen LogP contribution is 2.26. The Kier molecular flexibility index (Phi) is 7.47. The maximum Gasteiger partial charge on any atom is 0.126 e. The summed E-state index contributed by atoms with van der Waals surface area (Å²) in [5.74, 6) is 0.960. The minimum atomic E-state index is 0.132. The molecule has 0 fully saturated rings. The summed E-state index contributed by atoms with van der Waals surface area (Å²) in [6.45, 7) is 12.5. The number of halogens is 1. The van der Waals surface area contributed by atoms with E-state index in [1.54, 1.807) is 0 Å². The molecule has 0 aromatic heterocycles. The molecule has 0 saturated carbocycles. The third kappa shape index (κ3) is 7.14. The Labute approximate surface area is 138 Å². The summed E-state index contributed by atoms with van der Waals surface area (Å²) >= 11 is 3.55. The standard InChI is InChI=1S/C18H28BrNO/c1-6-10-21-17-9-8-16(19)12-15(17)11-14(7-2)13-20-18(3,4)5/h8-9,11-12,20H,6-7,10,13H2,1-5H3. The summed E-state index contributed by atoms with van der Waals surface area (Å²) in [7, 11) is 0. The molecule has 0 aliphatic rings. The molecule has 0 radical (unpaired) electrons. The van der Waals surface area contributed by atoms with Gasteiger partial charge in [-0.15, -0.1) is 0 Å². The van der Waals surface area contributed by atoms with E-state index >= 15 is 0 Å². The van der Waals surface area contributed by atoms with Gasteiger partial charge in [-0.3, -0.25) is 0 Å². The molecule has 0 saturated heterocycles. The van der Waals surface area contributed by atoms with Crippen LogP contribution in [0.1, 0.15) is 53.0 Å². The average molecular weight is 354 g/mol. The summed E-state index contributed by atoms with van der Waals surface area (Å²) in [5.41, 5.74) is 2.65. The van der Waals surface area contributed by atoms with Crippen molar-refractivity contribution in [3.05, 3.63) is 33.8 Å². The molecule has 21 heavy (non-hydrogen) atoms. The van der Waals surface area contributed by atoms with Gasteiger partial charge in [-0.1, -0.05) is 41.4 Å². The van der Waals surface area contributed by atoms with Crippen molar-refractivity contribution in [2.45, 2.75) is 53.0 Å². The fourth-order valence-corrected chi connectivity index (χ4v) is 2.23. The molecule has 1 aromatic rings. The number of hydrogen-bond acceptors (Lipinski definition) is 2. The number of hydrogen-bond donors (Lipinski definition) is 1. The van der Waals surface area contributed by atoms with E-state index in [1.165, 1.54) is 5.57 Å². The van der Waals surface area contributed by atoms with Crippen LogP contribution < -0.4 is 10.1 Å². The van der Waals surface area contributed by atoms with Crippen LogP contribution in [0.15, 0.2) is 28.2 Å². The van der Waals surface area contributed by atoms with Gasteiger partial charge < -0.3 is 10.1 Å². The van der Waals surface area contributed by atoms with Crippen molar-refractivity contribution in [2.75, 3.05) is 13.2 Å². The van der Waals surface area contributed by atoms with Gasteiger partial charge >= 0.3 is 0 Å². The summed E-state index contributed by atoms with van der Waals surface area (Å²) < 4.78 is 6.93. The Morgan fingerprint density at radius 1 is 1.29 bits per heavy atom. The molecule has 1 N–H and O–H groups in total. The fraction of sp³-hybridized carbons (Fsp3) is 0.556. The van der Waals surface area contributed by atoms with Crippen molar-refractivity contribution in [3.63, 3.8) is 0 Å². The number of ether oxygens (including phenoxy) is 1. The van der Waals surface area contributed by atoms with Crippen molar-refractivity contribution in [2.24, 2.45) is 0 Å². The Balaban J connectivity index is 2.94. The second-order valence-electron chi connectivity index (χ2n) is 6.29. The molecule has 0 aliphatic heterocycles. The maximum absolute atomic E-state index is 5.85. The number of nitrogens with one attached hydrogen (secondary N) is 1. The van der Waals surface area contributed by atoms with Gasteiger partial charge in [0.2, 0.25) is 0 Å². The quantitative estimate of drug-likeness (QED) is 0.706. The molecule has 0 amide bonds. The predicted molar refractivity (Wildman–Crippen MR) is 96.0 cm³/mol. The van der Waals surface area contributed by atoms with E-state index in [9.17, 15) is 0 Å². The van der Waals surface area contributed by atoms with E-state index in [4.69, 9.17) is 4.74 Å². The van der Waals surface area contributed by atoms with E-state index in [0.29, 0.717) is 0 Å². The third-order valence-electron chi connectivity index (χ3n) is 3.09. The monoisotopic (exact) mass is 353 g/mol. The molecule has 0 spiro atoms. The second-order valence-corrected chi connectivity index (χ2v) is 7.21. The molecule has 0 heterocycles. The van der Waals surface area contributed by atoms with Crippen LogP contribution in [-0.4, -0.2) is 18.7 Å². The van der Waals surface area contributed by atoms with Crippen LogP contribution in [0, 0.1) is 0 Å². The molecular formula is C18H28BrNO. The van der Waals surface area contributed by atoms with Crippen molar-refractivity contribution in [1.29, 1.82) is 0 Å². The van der Waals surface area contributed by atoms with Crippen LogP contribution in [-0.2, 0) is 0 Å². The van der Waals surface area contributed by atoms with Crippen LogP contribution in [0.25, 0.3) is 6.08 Å². The first kappa shape index (κ1) is 18.2. The highest BCUT2D eigenvalue weighted by molar-refractivity contribution is 9.10. The lowest BCUT2D eigenvalue weighted by Gasteiger charge is -2.21. The number of rotatable bonds is 7. The zero-order chi connectivity index (χ0) is 15.9. The molecule has 0 aliphatic carbocycles. The highest BCUT2D eigenvalue weighted by Gasteiger charge is 2.10. The summed E-state index contributed by atoms with van der Waals surface area (Å²) in [6, 6.07) is 6.19. The zero-order valence-corrected chi connectivity index (χ0v) is 15.5. The van der Waals surface area contributed by atoms with E-state index in [1.807, 2.05) is 12.1 Å². The van der Waals surface area contributed by atoms with Gasteiger partial charge in [-0.2, -0.15) is 0 Å². The van der Waals surface area contributed by atoms with E-state index in [-0.39, 0.29) is 5.54 Å². The van der Waals surface area contributed by atoms with Gasteiger partial charge in [0.15, 0.2) is 0 Å². The molecular weight excluding hydrogens is 326 g/mol.